The van der Waals surface area contributed by atoms with Gasteiger partial charge in [0, 0.05) is 17.5 Å². The molecule has 4 heteroatoms. The van der Waals surface area contributed by atoms with Crippen LogP contribution in [0.3, 0.4) is 0 Å². The molecule has 0 spiro atoms. The number of rotatable bonds is 1. The molecule has 0 aliphatic carbocycles. The van der Waals surface area contributed by atoms with E-state index in [1.165, 1.54) is 5.03 Å². The molecule has 0 N–H and O–H groups in total. The monoisotopic (exact) mass is 309 g/mol. The van der Waals surface area contributed by atoms with E-state index >= 15 is 0 Å². The molecule has 1 aromatic rings. The molecule has 2 rings (SSSR count). The van der Waals surface area contributed by atoms with Crippen molar-refractivity contribution in [1.82, 2.24) is 0 Å². The van der Waals surface area contributed by atoms with Gasteiger partial charge in [0.1, 0.15) is 0 Å². The lowest BCUT2D eigenvalue weighted by molar-refractivity contribution is -0.725. The Kier molecular flexibility index (Phi) is 4.06. The summed E-state index contributed by atoms with van der Waals surface area (Å²) in [5.41, 5.74) is 0. The molecule has 0 saturated heterocycles. The van der Waals surface area contributed by atoms with Crippen LogP contribution in [0.1, 0.15) is 0 Å². The van der Waals surface area contributed by atoms with E-state index in [1.54, 1.807) is 0 Å². The number of halogens is 2. The van der Waals surface area contributed by atoms with Gasteiger partial charge in [-0.3, -0.25) is 0 Å². The highest BCUT2D eigenvalue weighted by molar-refractivity contribution is 9.09. The van der Waals surface area contributed by atoms with Crippen molar-refractivity contribution in [2.75, 3.05) is 5.33 Å². The Morgan fingerprint density at radius 1 is 1.58 bits per heavy atom. The maximum absolute atomic E-state index is 3.50. The van der Waals surface area contributed by atoms with Crippen molar-refractivity contribution in [3.8, 4) is 0 Å². The van der Waals surface area contributed by atoms with Gasteiger partial charge in [0.25, 0.3) is 0 Å². The second-order valence-corrected chi connectivity index (χ2v) is 4.55. The zero-order chi connectivity index (χ0) is 7.68. The van der Waals surface area contributed by atoms with Crippen LogP contribution in [-0.2, 0) is 6.54 Å². The standard InChI is InChI=1S/C8H9BrNS.BrH/c9-5-7-6-10-4-2-1-3-8(10)11-7;/h1-4,7H,5-6H2;1H/q+1;/p-1. The van der Waals surface area contributed by atoms with Crippen LogP contribution in [0, 0.1) is 0 Å². The van der Waals surface area contributed by atoms with E-state index in [1.807, 2.05) is 11.8 Å². The van der Waals surface area contributed by atoms with Crippen molar-refractivity contribution < 1.29 is 21.5 Å². The largest absolute Gasteiger partial charge is 1.00 e. The molecule has 1 aromatic heterocycles. The number of alkyl halides is 1. The van der Waals surface area contributed by atoms with Gasteiger partial charge in [-0.2, -0.15) is 4.57 Å². The quantitative estimate of drug-likeness (QED) is 0.468. The smallest absolute Gasteiger partial charge is 0.240 e. The van der Waals surface area contributed by atoms with Gasteiger partial charge in [0.15, 0.2) is 12.7 Å². The van der Waals surface area contributed by atoms with Gasteiger partial charge in [-0.25, -0.2) is 0 Å². The SMILES string of the molecule is BrCC1C[n+]2ccccc2S1.[Br-]. The van der Waals surface area contributed by atoms with E-state index in [0.29, 0.717) is 0 Å². The van der Waals surface area contributed by atoms with Gasteiger partial charge in [-0.05, 0) is 17.8 Å². The summed E-state index contributed by atoms with van der Waals surface area (Å²) in [5, 5.41) is 3.19. The lowest BCUT2D eigenvalue weighted by atomic mass is 10.4. The highest BCUT2D eigenvalue weighted by Crippen LogP contribution is 2.26. The third-order valence-electron chi connectivity index (χ3n) is 1.76. The Morgan fingerprint density at radius 2 is 2.42 bits per heavy atom. The summed E-state index contributed by atoms with van der Waals surface area (Å²) in [6.07, 6.45) is 2.14. The summed E-state index contributed by atoms with van der Waals surface area (Å²) in [4.78, 5) is 0. The minimum Gasteiger partial charge on any atom is -1.00 e. The van der Waals surface area contributed by atoms with Gasteiger partial charge in [0.05, 0.1) is 5.25 Å². The molecule has 0 bridgehead atoms. The number of nitrogens with zero attached hydrogens (tertiary/aromatic N) is 1. The van der Waals surface area contributed by atoms with Crippen LogP contribution in [0.4, 0.5) is 0 Å². The second kappa shape index (κ2) is 4.63. The first-order valence-electron chi connectivity index (χ1n) is 3.61. The topological polar surface area (TPSA) is 3.88 Å². The van der Waals surface area contributed by atoms with Gasteiger partial charge in [-0.1, -0.05) is 15.9 Å². The van der Waals surface area contributed by atoms with Gasteiger partial charge in [0.2, 0.25) is 5.03 Å². The van der Waals surface area contributed by atoms with Crippen LogP contribution >= 0.6 is 27.7 Å². The number of aromatic nitrogens is 1. The molecule has 1 atom stereocenters. The highest BCUT2D eigenvalue weighted by atomic mass is 79.9. The first-order chi connectivity index (χ1) is 5.40. The van der Waals surface area contributed by atoms with Crippen molar-refractivity contribution >= 4 is 27.7 Å². The number of fused-ring (bicyclic) bond motifs is 1. The number of hydrogen-bond donors (Lipinski definition) is 0. The Morgan fingerprint density at radius 3 is 3.08 bits per heavy atom. The third kappa shape index (κ3) is 2.03. The van der Waals surface area contributed by atoms with Crippen LogP contribution in [-0.4, -0.2) is 10.6 Å². The number of pyridine rings is 1. The maximum Gasteiger partial charge on any atom is 0.240 e. The Bertz CT molecular complexity index is 242. The fourth-order valence-corrected chi connectivity index (χ4v) is 2.89. The molecule has 1 aliphatic rings. The zero-order valence-electron chi connectivity index (χ0n) is 6.41. The van der Waals surface area contributed by atoms with Crippen LogP contribution < -0.4 is 21.5 Å². The molecule has 12 heavy (non-hydrogen) atoms. The molecule has 1 aliphatic heterocycles. The molecule has 1 nitrogen and oxygen atoms in total. The predicted octanol–water partition coefficient (Wildman–Crippen LogP) is -1.15. The first-order valence-corrected chi connectivity index (χ1v) is 5.61. The van der Waals surface area contributed by atoms with E-state index in [0.717, 1.165) is 17.1 Å². The molecule has 0 aromatic carbocycles. The van der Waals surface area contributed by atoms with Crippen molar-refractivity contribution in [2.45, 2.75) is 16.8 Å². The molecular formula is C8H9Br2NS. The molecule has 1 unspecified atom stereocenters. The molecule has 2 heterocycles. The maximum atomic E-state index is 3.50. The number of thioether (sulfide) groups is 1. The number of hydrogen-bond acceptors (Lipinski definition) is 1. The minimum atomic E-state index is 0. The fraction of sp³-hybridized carbons (Fsp3) is 0.375. The lowest BCUT2D eigenvalue weighted by Gasteiger charge is -1.92. The van der Waals surface area contributed by atoms with E-state index in [9.17, 15) is 0 Å². The zero-order valence-corrected chi connectivity index (χ0v) is 10.4. The summed E-state index contributed by atoms with van der Waals surface area (Å²) in [6, 6.07) is 6.35. The molecule has 0 radical (unpaired) electrons. The summed E-state index contributed by atoms with van der Waals surface area (Å²) in [6.45, 7) is 1.14. The molecular weight excluding hydrogens is 302 g/mol. The Balaban J connectivity index is 0.000000720. The molecule has 0 amide bonds. The van der Waals surface area contributed by atoms with Crippen molar-refractivity contribution in [3.05, 3.63) is 24.4 Å². The Hall–Kier alpha value is 0.460. The highest BCUT2D eigenvalue weighted by Gasteiger charge is 2.27. The van der Waals surface area contributed by atoms with Crippen molar-refractivity contribution in [1.29, 1.82) is 0 Å². The summed E-state index contributed by atoms with van der Waals surface area (Å²) in [5.74, 6) is 0. The third-order valence-corrected chi connectivity index (χ3v) is 4.23. The average molecular weight is 311 g/mol. The van der Waals surface area contributed by atoms with Crippen LogP contribution in [0.2, 0.25) is 0 Å². The van der Waals surface area contributed by atoms with Crippen LogP contribution in [0.15, 0.2) is 29.4 Å². The van der Waals surface area contributed by atoms with E-state index < -0.39 is 0 Å². The van der Waals surface area contributed by atoms with Crippen LogP contribution in [0.5, 0.6) is 0 Å². The molecule has 66 valence electrons. The van der Waals surface area contributed by atoms with Gasteiger partial charge >= 0.3 is 0 Å². The van der Waals surface area contributed by atoms with Gasteiger partial charge < -0.3 is 17.0 Å². The average Bonchev–Trinajstić information content (AvgIpc) is 2.46. The first kappa shape index (κ1) is 10.5. The minimum absolute atomic E-state index is 0. The summed E-state index contributed by atoms with van der Waals surface area (Å²) >= 11 is 5.45. The molecule has 0 saturated carbocycles. The van der Waals surface area contributed by atoms with Crippen LogP contribution in [0.25, 0.3) is 0 Å². The van der Waals surface area contributed by atoms with E-state index in [4.69, 9.17) is 0 Å². The lowest BCUT2D eigenvalue weighted by Crippen LogP contribution is -3.00. The van der Waals surface area contributed by atoms with Gasteiger partial charge in [-0.15, -0.1) is 0 Å². The van der Waals surface area contributed by atoms with E-state index in [-0.39, 0.29) is 17.0 Å². The summed E-state index contributed by atoms with van der Waals surface area (Å²) < 4.78 is 2.30. The fourth-order valence-electron chi connectivity index (χ4n) is 1.23. The predicted molar refractivity (Wildman–Crippen MR) is 50.1 cm³/mol. The van der Waals surface area contributed by atoms with E-state index in [2.05, 4.69) is 44.9 Å². The van der Waals surface area contributed by atoms with Crippen molar-refractivity contribution in [2.24, 2.45) is 0 Å². The normalized spacial score (nSPS) is 19.9. The Labute approximate surface area is 95.5 Å². The summed E-state index contributed by atoms with van der Waals surface area (Å²) in [7, 11) is 0. The molecule has 0 fully saturated rings. The van der Waals surface area contributed by atoms with Crippen molar-refractivity contribution in [3.63, 3.8) is 0 Å². The second-order valence-electron chi connectivity index (χ2n) is 2.59.